The minimum Gasteiger partial charge on any atom is -0.389 e. The van der Waals surface area contributed by atoms with Gasteiger partial charge in [0.05, 0.1) is 16.6 Å². The Morgan fingerprint density at radius 1 is 1.23 bits per heavy atom. The number of para-hydroxylation sites is 2. The Bertz CT molecular complexity index is 966. The molecule has 1 aliphatic rings. The van der Waals surface area contributed by atoms with Crippen LogP contribution in [0.1, 0.15) is 56.0 Å². The molecular formula is C25H32FN3O. The van der Waals surface area contributed by atoms with E-state index in [4.69, 9.17) is 0 Å². The first kappa shape index (κ1) is 21.0. The number of imidazole rings is 1. The minimum absolute atomic E-state index is 0.0409. The SMILES string of the molecule is CC(C)C1c2ccc(F)cc2CCC1(O)CCNCCCc1nc2ccccc2[nH]1. The fourth-order valence-corrected chi connectivity index (χ4v) is 5.09. The van der Waals surface area contributed by atoms with E-state index in [0.717, 1.165) is 60.3 Å². The molecule has 0 aliphatic heterocycles. The zero-order valence-corrected chi connectivity index (χ0v) is 17.9. The number of aromatic amines is 1. The number of aromatic nitrogens is 2. The first-order valence-corrected chi connectivity index (χ1v) is 11.1. The van der Waals surface area contributed by atoms with E-state index in [2.05, 4.69) is 29.1 Å². The standard InChI is InChI=1S/C25H32FN3O/c1-17(2)24-20-10-9-19(26)16-18(20)11-12-25(24,30)13-15-27-14-5-8-23-28-21-6-3-4-7-22(21)29-23/h3-4,6-7,9-10,16-17,24,27,30H,5,8,11-15H2,1-2H3,(H,28,29). The first-order valence-electron chi connectivity index (χ1n) is 11.1. The van der Waals surface area contributed by atoms with E-state index in [0.29, 0.717) is 18.8 Å². The van der Waals surface area contributed by atoms with Crippen LogP contribution in [0.2, 0.25) is 0 Å². The van der Waals surface area contributed by atoms with Crippen LogP contribution in [-0.2, 0) is 12.8 Å². The number of H-pyrrole nitrogens is 1. The summed E-state index contributed by atoms with van der Waals surface area (Å²) in [5.41, 5.74) is 3.52. The quantitative estimate of drug-likeness (QED) is 0.471. The van der Waals surface area contributed by atoms with Gasteiger partial charge in [0.2, 0.25) is 0 Å². The Balaban J connectivity index is 1.29. The van der Waals surface area contributed by atoms with Crippen molar-refractivity contribution in [1.29, 1.82) is 0 Å². The highest BCUT2D eigenvalue weighted by Gasteiger charge is 2.42. The maximum Gasteiger partial charge on any atom is 0.123 e. The number of fused-ring (bicyclic) bond motifs is 2. The second kappa shape index (κ2) is 8.86. The van der Waals surface area contributed by atoms with Gasteiger partial charge in [-0.1, -0.05) is 32.0 Å². The number of nitrogens with one attached hydrogen (secondary N) is 2. The van der Waals surface area contributed by atoms with Crippen LogP contribution in [0, 0.1) is 11.7 Å². The van der Waals surface area contributed by atoms with Crippen LogP contribution < -0.4 is 5.32 Å². The number of rotatable bonds is 8. The molecule has 3 aromatic rings. The van der Waals surface area contributed by atoms with E-state index in [-0.39, 0.29) is 11.7 Å². The summed E-state index contributed by atoms with van der Waals surface area (Å²) < 4.78 is 13.6. The molecule has 160 valence electrons. The van der Waals surface area contributed by atoms with Crippen LogP contribution in [0.15, 0.2) is 42.5 Å². The van der Waals surface area contributed by atoms with Gasteiger partial charge in [-0.2, -0.15) is 0 Å². The molecule has 4 rings (SSSR count). The van der Waals surface area contributed by atoms with Crippen LogP contribution in [0.5, 0.6) is 0 Å². The summed E-state index contributed by atoms with van der Waals surface area (Å²) in [6.07, 6.45) is 4.02. The molecule has 0 saturated carbocycles. The smallest absolute Gasteiger partial charge is 0.123 e. The maximum atomic E-state index is 13.6. The lowest BCUT2D eigenvalue weighted by Gasteiger charge is -2.44. The van der Waals surface area contributed by atoms with Crippen molar-refractivity contribution >= 4 is 11.0 Å². The second-order valence-electron chi connectivity index (χ2n) is 8.97. The van der Waals surface area contributed by atoms with Crippen molar-refractivity contribution in [3.63, 3.8) is 0 Å². The molecule has 1 aromatic heterocycles. The first-order chi connectivity index (χ1) is 14.5. The van der Waals surface area contributed by atoms with E-state index < -0.39 is 5.60 Å². The minimum atomic E-state index is -0.745. The van der Waals surface area contributed by atoms with Crippen molar-refractivity contribution in [3.05, 3.63) is 65.2 Å². The molecular weight excluding hydrogens is 377 g/mol. The average molecular weight is 410 g/mol. The van der Waals surface area contributed by atoms with Gasteiger partial charge in [0.1, 0.15) is 11.6 Å². The Hall–Kier alpha value is -2.24. The monoisotopic (exact) mass is 409 g/mol. The van der Waals surface area contributed by atoms with Crippen molar-refractivity contribution in [1.82, 2.24) is 15.3 Å². The molecule has 0 saturated heterocycles. The van der Waals surface area contributed by atoms with Gasteiger partial charge in [0.15, 0.2) is 0 Å². The largest absolute Gasteiger partial charge is 0.389 e. The van der Waals surface area contributed by atoms with Gasteiger partial charge in [0.25, 0.3) is 0 Å². The third-order valence-corrected chi connectivity index (χ3v) is 6.45. The Morgan fingerprint density at radius 3 is 2.87 bits per heavy atom. The van der Waals surface area contributed by atoms with Crippen LogP contribution in [0.3, 0.4) is 0 Å². The van der Waals surface area contributed by atoms with Crippen molar-refractivity contribution < 1.29 is 9.50 Å². The summed E-state index contributed by atoms with van der Waals surface area (Å²) in [6, 6.07) is 13.1. The highest BCUT2D eigenvalue weighted by molar-refractivity contribution is 5.74. The van der Waals surface area contributed by atoms with Crippen LogP contribution >= 0.6 is 0 Å². The number of nitrogens with zero attached hydrogens (tertiary/aromatic N) is 1. The van der Waals surface area contributed by atoms with Crippen molar-refractivity contribution in [2.75, 3.05) is 13.1 Å². The number of hydrogen-bond donors (Lipinski definition) is 3. The summed E-state index contributed by atoms with van der Waals surface area (Å²) in [4.78, 5) is 7.99. The number of hydrogen-bond acceptors (Lipinski definition) is 3. The summed E-state index contributed by atoms with van der Waals surface area (Å²) in [6.45, 7) is 5.96. The van der Waals surface area contributed by atoms with Crippen LogP contribution in [0.4, 0.5) is 4.39 Å². The third-order valence-electron chi connectivity index (χ3n) is 6.45. The van der Waals surface area contributed by atoms with Gasteiger partial charge >= 0.3 is 0 Å². The van der Waals surface area contributed by atoms with Gasteiger partial charge in [-0.3, -0.25) is 0 Å². The molecule has 0 amide bonds. The van der Waals surface area contributed by atoms with E-state index in [1.807, 2.05) is 30.3 Å². The Kier molecular flexibility index (Phi) is 6.21. The maximum absolute atomic E-state index is 13.6. The number of aliphatic hydroxyl groups is 1. The molecule has 30 heavy (non-hydrogen) atoms. The van der Waals surface area contributed by atoms with E-state index in [1.165, 1.54) is 6.07 Å². The summed E-state index contributed by atoms with van der Waals surface area (Å²) in [5.74, 6) is 1.17. The fourth-order valence-electron chi connectivity index (χ4n) is 5.09. The molecule has 0 fully saturated rings. The topological polar surface area (TPSA) is 60.9 Å². The van der Waals surface area contributed by atoms with E-state index >= 15 is 0 Å². The normalized spacial score (nSPS) is 21.3. The van der Waals surface area contributed by atoms with Gasteiger partial charge in [0, 0.05) is 12.3 Å². The van der Waals surface area contributed by atoms with Crippen molar-refractivity contribution in [3.8, 4) is 0 Å². The molecule has 4 nitrogen and oxygen atoms in total. The molecule has 2 aromatic carbocycles. The summed E-state index contributed by atoms with van der Waals surface area (Å²) in [7, 11) is 0. The van der Waals surface area contributed by atoms with Crippen LogP contribution in [0.25, 0.3) is 11.0 Å². The number of benzene rings is 2. The average Bonchev–Trinajstić information content (AvgIpc) is 3.13. The highest BCUT2D eigenvalue weighted by atomic mass is 19.1. The van der Waals surface area contributed by atoms with Gasteiger partial charge in [-0.05, 0) is 80.1 Å². The van der Waals surface area contributed by atoms with E-state index in [1.54, 1.807) is 6.07 Å². The lowest BCUT2D eigenvalue weighted by atomic mass is 9.66. The highest BCUT2D eigenvalue weighted by Crippen LogP contribution is 2.45. The van der Waals surface area contributed by atoms with Gasteiger partial charge in [-0.15, -0.1) is 0 Å². The predicted molar refractivity (Wildman–Crippen MR) is 119 cm³/mol. The number of aryl methyl sites for hydroxylation is 2. The molecule has 5 heteroatoms. The third kappa shape index (κ3) is 4.42. The molecule has 1 aliphatic carbocycles. The molecule has 0 bridgehead atoms. The Morgan fingerprint density at radius 2 is 2.07 bits per heavy atom. The molecule has 1 heterocycles. The molecule has 0 spiro atoms. The van der Waals surface area contributed by atoms with Crippen molar-refractivity contribution in [2.45, 2.75) is 57.5 Å². The lowest BCUT2D eigenvalue weighted by molar-refractivity contribution is -0.0241. The Labute approximate surface area is 177 Å². The summed E-state index contributed by atoms with van der Waals surface area (Å²) in [5, 5.41) is 15.0. The molecule has 2 atom stereocenters. The van der Waals surface area contributed by atoms with Gasteiger partial charge in [-0.25, -0.2) is 9.37 Å². The number of halogens is 1. The second-order valence-corrected chi connectivity index (χ2v) is 8.97. The molecule has 0 radical (unpaired) electrons. The molecule has 2 unspecified atom stereocenters. The van der Waals surface area contributed by atoms with Crippen LogP contribution in [-0.4, -0.2) is 33.8 Å². The van der Waals surface area contributed by atoms with Crippen molar-refractivity contribution in [2.24, 2.45) is 5.92 Å². The van der Waals surface area contributed by atoms with Gasteiger partial charge < -0.3 is 15.4 Å². The fraction of sp³-hybridized carbons (Fsp3) is 0.480. The summed E-state index contributed by atoms with van der Waals surface area (Å²) >= 11 is 0. The molecule has 3 N–H and O–H groups in total. The predicted octanol–water partition coefficient (Wildman–Crippen LogP) is 4.73. The zero-order chi connectivity index (χ0) is 21.1. The zero-order valence-electron chi connectivity index (χ0n) is 17.9. The lowest BCUT2D eigenvalue weighted by Crippen LogP contribution is -2.45. The van der Waals surface area contributed by atoms with E-state index in [9.17, 15) is 9.50 Å².